The molecule has 0 amide bonds. The standard InChI is InChI=1S/C10H20N2O4S/c1-8-7-11(9(2)10(13)16-3)5-6-12(8)17(4,14)15/h8-9H,5-7H2,1-4H3. The molecule has 1 rings (SSSR count). The Balaban J connectivity index is 2.67. The van der Waals surface area contributed by atoms with E-state index in [4.69, 9.17) is 0 Å². The van der Waals surface area contributed by atoms with Crippen molar-refractivity contribution in [3.8, 4) is 0 Å². The van der Waals surface area contributed by atoms with E-state index in [0.29, 0.717) is 19.6 Å². The normalized spacial score (nSPS) is 25.5. The van der Waals surface area contributed by atoms with Crippen LogP contribution in [-0.4, -0.2) is 68.7 Å². The summed E-state index contributed by atoms with van der Waals surface area (Å²) in [5, 5.41) is 0. The Kier molecular flexibility index (Phi) is 4.51. The minimum Gasteiger partial charge on any atom is -0.468 e. The average molecular weight is 264 g/mol. The molecule has 2 atom stereocenters. The van der Waals surface area contributed by atoms with Crippen molar-refractivity contribution >= 4 is 16.0 Å². The number of carbonyl (C=O) groups is 1. The van der Waals surface area contributed by atoms with Gasteiger partial charge in [0.2, 0.25) is 10.0 Å². The third-order valence-corrected chi connectivity index (χ3v) is 4.51. The quantitative estimate of drug-likeness (QED) is 0.644. The highest BCUT2D eigenvalue weighted by molar-refractivity contribution is 7.88. The number of ether oxygens (including phenoxy) is 1. The molecule has 0 saturated carbocycles. The van der Waals surface area contributed by atoms with E-state index in [1.54, 1.807) is 6.92 Å². The van der Waals surface area contributed by atoms with E-state index >= 15 is 0 Å². The zero-order chi connectivity index (χ0) is 13.2. The molecule has 1 saturated heterocycles. The topological polar surface area (TPSA) is 66.9 Å². The number of carbonyl (C=O) groups excluding carboxylic acids is 1. The van der Waals surface area contributed by atoms with E-state index in [9.17, 15) is 13.2 Å². The molecule has 1 aliphatic rings. The van der Waals surface area contributed by atoms with Gasteiger partial charge in [-0.1, -0.05) is 0 Å². The number of rotatable bonds is 3. The molecule has 1 heterocycles. The number of sulfonamides is 1. The molecule has 6 nitrogen and oxygen atoms in total. The van der Waals surface area contributed by atoms with Gasteiger partial charge in [0.15, 0.2) is 0 Å². The van der Waals surface area contributed by atoms with Crippen LogP contribution in [0.3, 0.4) is 0 Å². The SMILES string of the molecule is COC(=O)C(C)N1CCN(S(C)(=O)=O)C(C)C1. The highest BCUT2D eigenvalue weighted by atomic mass is 32.2. The monoisotopic (exact) mass is 264 g/mol. The summed E-state index contributed by atoms with van der Waals surface area (Å²) in [7, 11) is -1.80. The van der Waals surface area contributed by atoms with Crippen LogP contribution in [-0.2, 0) is 19.6 Å². The Hall–Kier alpha value is -0.660. The van der Waals surface area contributed by atoms with Gasteiger partial charge in [0.25, 0.3) is 0 Å². The summed E-state index contributed by atoms with van der Waals surface area (Å²) >= 11 is 0. The summed E-state index contributed by atoms with van der Waals surface area (Å²) in [6.45, 7) is 5.13. The van der Waals surface area contributed by atoms with Crippen LogP contribution in [0, 0.1) is 0 Å². The molecular formula is C10H20N2O4S. The lowest BCUT2D eigenvalue weighted by Gasteiger charge is -2.40. The largest absolute Gasteiger partial charge is 0.468 e. The van der Waals surface area contributed by atoms with Gasteiger partial charge in [0.1, 0.15) is 6.04 Å². The van der Waals surface area contributed by atoms with Crippen LogP contribution in [0.2, 0.25) is 0 Å². The first-order valence-electron chi connectivity index (χ1n) is 5.56. The Bertz CT molecular complexity index is 382. The summed E-state index contributed by atoms with van der Waals surface area (Å²) in [4.78, 5) is 13.3. The fraction of sp³-hybridized carbons (Fsp3) is 0.900. The highest BCUT2D eigenvalue weighted by Gasteiger charge is 2.33. The summed E-state index contributed by atoms with van der Waals surface area (Å²) < 4.78 is 29.1. The lowest BCUT2D eigenvalue weighted by molar-refractivity contribution is -0.147. The number of hydrogen-bond acceptors (Lipinski definition) is 5. The summed E-state index contributed by atoms with van der Waals surface area (Å²) in [5.74, 6) is -0.287. The first-order valence-corrected chi connectivity index (χ1v) is 7.41. The van der Waals surface area contributed by atoms with Crippen molar-refractivity contribution in [2.24, 2.45) is 0 Å². The molecule has 0 radical (unpaired) electrons. The molecule has 1 fully saturated rings. The van der Waals surface area contributed by atoms with Crippen molar-refractivity contribution in [2.45, 2.75) is 25.9 Å². The van der Waals surface area contributed by atoms with Crippen molar-refractivity contribution in [1.82, 2.24) is 9.21 Å². The third kappa shape index (κ3) is 3.40. The van der Waals surface area contributed by atoms with Crippen LogP contribution in [0.4, 0.5) is 0 Å². The second-order valence-electron chi connectivity index (χ2n) is 4.42. The summed E-state index contributed by atoms with van der Waals surface area (Å²) in [6.07, 6.45) is 1.21. The molecule has 0 aliphatic carbocycles. The summed E-state index contributed by atoms with van der Waals surface area (Å²) in [5.41, 5.74) is 0. The highest BCUT2D eigenvalue weighted by Crippen LogP contribution is 2.15. The van der Waals surface area contributed by atoms with Gasteiger partial charge < -0.3 is 4.74 Å². The third-order valence-electron chi connectivity index (χ3n) is 3.11. The number of methoxy groups -OCH3 is 1. The molecule has 2 unspecified atom stereocenters. The van der Waals surface area contributed by atoms with Crippen molar-refractivity contribution < 1.29 is 17.9 Å². The van der Waals surface area contributed by atoms with Crippen LogP contribution in [0.5, 0.6) is 0 Å². The van der Waals surface area contributed by atoms with Gasteiger partial charge in [-0.05, 0) is 13.8 Å². The van der Waals surface area contributed by atoms with Gasteiger partial charge >= 0.3 is 5.97 Å². The zero-order valence-electron chi connectivity index (χ0n) is 10.7. The van der Waals surface area contributed by atoms with Gasteiger partial charge in [-0.3, -0.25) is 9.69 Å². The smallest absolute Gasteiger partial charge is 0.322 e. The van der Waals surface area contributed by atoms with Gasteiger partial charge in [-0.15, -0.1) is 0 Å². The van der Waals surface area contributed by atoms with Crippen molar-refractivity contribution in [1.29, 1.82) is 0 Å². The van der Waals surface area contributed by atoms with Gasteiger partial charge in [0, 0.05) is 25.7 Å². The number of esters is 1. The molecule has 0 aromatic rings. The first-order chi connectivity index (χ1) is 7.77. The van der Waals surface area contributed by atoms with E-state index in [2.05, 4.69) is 4.74 Å². The fourth-order valence-corrected chi connectivity index (χ4v) is 3.27. The number of nitrogens with zero attached hydrogens (tertiary/aromatic N) is 2. The fourth-order valence-electron chi connectivity index (χ4n) is 2.13. The molecule has 0 spiro atoms. The van der Waals surface area contributed by atoms with Crippen LogP contribution >= 0.6 is 0 Å². The van der Waals surface area contributed by atoms with Crippen LogP contribution in [0.15, 0.2) is 0 Å². The second-order valence-corrected chi connectivity index (χ2v) is 6.35. The molecular weight excluding hydrogens is 244 g/mol. The zero-order valence-corrected chi connectivity index (χ0v) is 11.5. The average Bonchev–Trinajstić information content (AvgIpc) is 2.25. The van der Waals surface area contributed by atoms with Crippen molar-refractivity contribution in [3.63, 3.8) is 0 Å². The molecule has 0 aromatic carbocycles. The lowest BCUT2D eigenvalue weighted by Crippen LogP contribution is -2.57. The molecule has 17 heavy (non-hydrogen) atoms. The van der Waals surface area contributed by atoms with E-state index < -0.39 is 10.0 Å². The Morgan fingerprint density at radius 1 is 1.41 bits per heavy atom. The number of piperazine rings is 1. The molecule has 100 valence electrons. The maximum Gasteiger partial charge on any atom is 0.322 e. The van der Waals surface area contributed by atoms with Crippen LogP contribution in [0.1, 0.15) is 13.8 Å². The molecule has 0 aromatic heterocycles. The van der Waals surface area contributed by atoms with E-state index in [1.807, 2.05) is 11.8 Å². The minimum absolute atomic E-state index is 0.120. The Labute approximate surface area is 103 Å². The predicted octanol–water partition coefficient (Wildman–Crippen LogP) is -0.486. The molecule has 7 heteroatoms. The van der Waals surface area contributed by atoms with E-state index in [-0.39, 0.29) is 18.1 Å². The minimum atomic E-state index is -3.16. The Morgan fingerprint density at radius 2 is 2.00 bits per heavy atom. The van der Waals surface area contributed by atoms with Crippen LogP contribution in [0.25, 0.3) is 0 Å². The molecule has 0 bridgehead atoms. The maximum absolute atomic E-state index is 11.5. The Morgan fingerprint density at radius 3 is 2.41 bits per heavy atom. The van der Waals surface area contributed by atoms with E-state index in [1.165, 1.54) is 17.7 Å². The second kappa shape index (κ2) is 5.32. The maximum atomic E-state index is 11.5. The van der Waals surface area contributed by atoms with Gasteiger partial charge in [0.05, 0.1) is 13.4 Å². The van der Waals surface area contributed by atoms with Crippen molar-refractivity contribution in [3.05, 3.63) is 0 Å². The number of hydrogen-bond donors (Lipinski definition) is 0. The van der Waals surface area contributed by atoms with Gasteiger partial charge in [-0.25, -0.2) is 8.42 Å². The summed E-state index contributed by atoms with van der Waals surface area (Å²) in [6, 6.07) is -0.449. The van der Waals surface area contributed by atoms with Crippen LogP contribution < -0.4 is 0 Å². The van der Waals surface area contributed by atoms with Crippen molar-refractivity contribution in [2.75, 3.05) is 33.0 Å². The molecule has 1 aliphatic heterocycles. The molecule has 0 N–H and O–H groups in total. The predicted molar refractivity (Wildman–Crippen MR) is 64.1 cm³/mol. The lowest BCUT2D eigenvalue weighted by atomic mass is 10.2. The first kappa shape index (κ1) is 14.4. The van der Waals surface area contributed by atoms with E-state index in [0.717, 1.165) is 0 Å². The van der Waals surface area contributed by atoms with Gasteiger partial charge in [-0.2, -0.15) is 4.31 Å².